The van der Waals surface area contributed by atoms with E-state index in [9.17, 15) is 4.79 Å². The molecule has 0 atom stereocenters. The summed E-state index contributed by atoms with van der Waals surface area (Å²) in [4.78, 5) is 10.4. The lowest BCUT2D eigenvalue weighted by Gasteiger charge is -2.04. The van der Waals surface area contributed by atoms with Crippen molar-refractivity contribution in [3.05, 3.63) is 12.2 Å². The van der Waals surface area contributed by atoms with Gasteiger partial charge < -0.3 is 5.11 Å². The lowest BCUT2D eigenvalue weighted by molar-refractivity contribution is -0.136. The number of rotatable bonds is 26. The Kier molecular flexibility index (Phi) is 26.5. The highest BCUT2D eigenvalue weighted by Gasteiger charge is 1.96. The highest BCUT2D eigenvalue weighted by Crippen LogP contribution is 2.15. The molecule has 0 radical (unpaired) electrons. The minimum atomic E-state index is -0.736. The Bertz CT molecular complexity index is 375. The van der Waals surface area contributed by atoms with Gasteiger partial charge in [0.2, 0.25) is 0 Å². The first kappa shape index (κ1) is 30.2. The van der Waals surface area contributed by atoms with Crippen LogP contribution in [-0.2, 0) is 4.79 Å². The number of carboxylic acid groups (broad SMARTS) is 1. The van der Waals surface area contributed by atoms with Crippen LogP contribution < -0.4 is 0 Å². The molecule has 0 aliphatic heterocycles. The first-order valence-electron chi connectivity index (χ1n) is 14.1. The van der Waals surface area contributed by atoms with Crippen molar-refractivity contribution in [1.82, 2.24) is 0 Å². The molecule has 0 aliphatic rings. The SMILES string of the molecule is CCCCCCCCCCCCCCCCCCCCCCCCCC=CCC(=O)O. The van der Waals surface area contributed by atoms with Crippen molar-refractivity contribution in [3.8, 4) is 0 Å². The maximum atomic E-state index is 10.4. The molecule has 0 aliphatic carbocycles. The zero-order valence-corrected chi connectivity index (χ0v) is 21.2. The molecular weight excluding hydrogens is 380 g/mol. The normalized spacial score (nSPS) is 11.5. The Morgan fingerprint density at radius 2 is 0.774 bits per heavy atom. The second-order valence-corrected chi connectivity index (χ2v) is 9.64. The van der Waals surface area contributed by atoms with Crippen molar-refractivity contribution in [2.45, 2.75) is 167 Å². The van der Waals surface area contributed by atoms with Gasteiger partial charge in [-0.05, 0) is 12.8 Å². The largest absolute Gasteiger partial charge is 0.481 e. The number of allylic oxidation sites excluding steroid dienone is 1. The van der Waals surface area contributed by atoms with Gasteiger partial charge in [-0.25, -0.2) is 0 Å². The third kappa shape index (κ3) is 29.2. The quantitative estimate of drug-likeness (QED) is 0.108. The van der Waals surface area contributed by atoms with Crippen molar-refractivity contribution in [1.29, 1.82) is 0 Å². The van der Waals surface area contributed by atoms with Crippen LogP contribution in [-0.4, -0.2) is 11.1 Å². The number of unbranched alkanes of at least 4 members (excludes halogenated alkanes) is 23. The topological polar surface area (TPSA) is 37.3 Å². The molecule has 0 unspecified atom stereocenters. The molecule has 0 aromatic carbocycles. The molecule has 0 saturated carbocycles. The van der Waals surface area contributed by atoms with Gasteiger partial charge in [-0.1, -0.05) is 160 Å². The first-order valence-corrected chi connectivity index (χ1v) is 14.1. The maximum absolute atomic E-state index is 10.4. The number of aliphatic carboxylic acids is 1. The van der Waals surface area contributed by atoms with Gasteiger partial charge in [0, 0.05) is 0 Å². The number of hydrogen-bond donors (Lipinski definition) is 1. The summed E-state index contributed by atoms with van der Waals surface area (Å²) in [5.41, 5.74) is 0. The Hall–Kier alpha value is -0.790. The molecule has 0 aromatic rings. The summed E-state index contributed by atoms with van der Waals surface area (Å²) < 4.78 is 0. The standard InChI is InChI=1S/C29H56O2/c1-2-3-4-5-6-7-8-9-10-11-12-13-14-15-16-17-18-19-20-21-22-23-24-25-26-27-28-29(30)31/h26-27H,2-25,28H2,1H3,(H,30,31). The molecule has 31 heavy (non-hydrogen) atoms. The zero-order chi connectivity index (χ0) is 22.7. The summed E-state index contributed by atoms with van der Waals surface area (Å²) in [5.74, 6) is -0.736. The van der Waals surface area contributed by atoms with E-state index in [-0.39, 0.29) is 6.42 Å². The smallest absolute Gasteiger partial charge is 0.307 e. The van der Waals surface area contributed by atoms with Gasteiger partial charge in [-0.15, -0.1) is 0 Å². The molecule has 0 fully saturated rings. The van der Waals surface area contributed by atoms with Crippen molar-refractivity contribution >= 4 is 5.97 Å². The van der Waals surface area contributed by atoms with Crippen molar-refractivity contribution in [2.24, 2.45) is 0 Å². The summed E-state index contributed by atoms with van der Waals surface area (Å²) in [7, 11) is 0. The van der Waals surface area contributed by atoms with Crippen LogP contribution in [0.5, 0.6) is 0 Å². The third-order valence-electron chi connectivity index (χ3n) is 6.43. The summed E-state index contributed by atoms with van der Waals surface area (Å²) in [6.45, 7) is 2.29. The van der Waals surface area contributed by atoms with Gasteiger partial charge in [-0.2, -0.15) is 0 Å². The minimum Gasteiger partial charge on any atom is -0.481 e. The predicted octanol–water partition coefficient (Wildman–Crippen LogP) is 10.4. The molecule has 2 nitrogen and oxygen atoms in total. The van der Waals surface area contributed by atoms with Gasteiger partial charge in [0.05, 0.1) is 6.42 Å². The van der Waals surface area contributed by atoms with Gasteiger partial charge in [-0.3, -0.25) is 4.79 Å². The Morgan fingerprint density at radius 1 is 0.484 bits per heavy atom. The van der Waals surface area contributed by atoms with Gasteiger partial charge in [0.15, 0.2) is 0 Å². The van der Waals surface area contributed by atoms with E-state index in [1.165, 1.54) is 148 Å². The zero-order valence-electron chi connectivity index (χ0n) is 21.2. The van der Waals surface area contributed by atoms with Crippen molar-refractivity contribution in [2.75, 3.05) is 0 Å². The van der Waals surface area contributed by atoms with E-state index >= 15 is 0 Å². The van der Waals surface area contributed by atoms with E-state index in [1.54, 1.807) is 6.08 Å². The summed E-state index contributed by atoms with van der Waals surface area (Å²) >= 11 is 0. The number of carbonyl (C=O) groups is 1. The average molecular weight is 437 g/mol. The highest BCUT2D eigenvalue weighted by molar-refractivity contribution is 5.68. The van der Waals surface area contributed by atoms with Crippen LogP contribution in [0.2, 0.25) is 0 Å². The first-order chi connectivity index (χ1) is 15.3. The summed E-state index contributed by atoms with van der Waals surface area (Å²) in [6, 6.07) is 0. The predicted molar refractivity (Wildman–Crippen MR) is 138 cm³/mol. The lowest BCUT2D eigenvalue weighted by Crippen LogP contribution is -1.89. The Morgan fingerprint density at radius 3 is 1.06 bits per heavy atom. The lowest BCUT2D eigenvalue weighted by atomic mass is 10.0. The van der Waals surface area contributed by atoms with E-state index in [0.717, 1.165) is 6.42 Å². The highest BCUT2D eigenvalue weighted by atomic mass is 16.4. The fourth-order valence-electron chi connectivity index (χ4n) is 4.35. The van der Waals surface area contributed by atoms with Gasteiger partial charge >= 0.3 is 5.97 Å². The fourth-order valence-corrected chi connectivity index (χ4v) is 4.35. The molecule has 1 N–H and O–H groups in total. The van der Waals surface area contributed by atoms with Gasteiger partial charge in [0.25, 0.3) is 0 Å². The number of hydrogen-bond acceptors (Lipinski definition) is 1. The van der Waals surface area contributed by atoms with Crippen LogP contribution in [0, 0.1) is 0 Å². The minimum absolute atomic E-state index is 0.166. The van der Waals surface area contributed by atoms with Crippen LogP contribution in [0.1, 0.15) is 167 Å². The Balaban J connectivity index is 3.03. The van der Waals surface area contributed by atoms with Crippen LogP contribution in [0.4, 0.5) is 0 Å². The molecule has 0 spiro atoms. The Labute approximate surface area is 195 Å². The van der Waals surface area contributed by atoms with Gasteiger partial charge in [0.1, 0.15) is 0 Å². The third-order valence-corrected chi connectivity index (χ3v) is 6.43. The van der Waals surface area contributed by atoms with Crippen LogP contribution in [0.15, 0.2) is 12.2 Å². The summed E-state index contributed by atoms with van der Waals surface area (Å²) in [5, 5.41) is 8.55. The molecule has 0 aromatic heterocycles. The van der Waals surface area contributed by atoms with E-state index < -0.39 is 5.97 Å². The number of carboxylic acids is 1. The molecule has 2 heteroatoms. The van der Waals surface area contributed by atoms with E-state index in [2.05, 4.69) is 6.92 Å². The second-order valence-electron chi connectivity index (χ2n) is 9.64. The molecular formula is C29H56O2. The van der Waals surface area contributed by atoms with E-state index in [4.69, 9.17) is 5.11 Å². The maximum Gasteiger partial charge on any atom is 0.307 e. The molecule has 0 amide bonds. The fraction of sp³-hybridized carbons (Fsp3) is 0.897. The van der Waals surface area contributed by atoms with Crippen molar-refractivity contribution in [3.63, 3.8) is 0 Å². The molecule has 0 bridgehead atoms. The van der Waals surface area contributed by atoms with E-state index in [0.29, 0.717) is 0 Å². The molecule has 184 valence electrons. The van der Waals surface area contributed by atoms with Crippen molar-refractivity contribution < 1.29 is 9.90 Å². The van der Waals surface area contributed by atoms with Crippen LogP contribution >= 0.6 is 0 Å². The second kappa shape index (κ2) is 27.2. The molecule has 0 heterocycles. The molecule has 0 saturated heterocycles. The monoisotopic (exact) mass is 436 g/mol. The molecule has 0 rings (SSSR count). The summed E-state index contributed by atoms with van der Waals surface area (Å²) in [6.07, 6.45) is 37.7. The van der Waals surface area contributed by atoms with E-state index in [1.807, 2.05) is 6.08 Å². The van der Waals surface area contributed by atoms with Crippen LogP contribution in [0.3, 0.4) is 0 Å². The van der Waals surface area contributed by atoms with Crippen LogP contribution in [0.25, 0.3) is 0 Å². The average Bonchev–Trinajstić information content (AvgIpc) is 2.76.